The molecule has 3 heterocycles. The highest BCUT2D eigenvalue weighted by molar-refractivity contribution is 5.93. The third kappa shape index (κ3) is 3.88. The number of ether oxygens (including phenoxy) is 2. The normalized spacial score (nSPS) is 18.9. The van der Waals surface area contributed by atoms with E-state index >= 15 is 0 Å². The van der Waals surface area contributed by atoms with Crippen LogP contribution in [0.3, 0.4) is 0 Å². The van der Waals surface area contributed by atoms with Gasteiger partial charge in [-0.2, -0.15) is 0 Å². The molecule has 1 unspecified atom stereocenters. The Kier molecular flexibility index (Phi) is 4.80. The molecule has 0 saturated heterocycles. The minimum Gasteiger partial charge on any atom is -0.441 e. The fourth-order valence-corrected chi connectivity index (χ4v) is 3.79. The zero-order valence-corrected chi connectivity index (χ0v) is 16.6. The highest BCUT2D eigenvalue weighted by Crippen LogP contribution is 2.32. The number of nitrogens with one attached hydrogen (secondary N) is 2. The number of alkyl halides is 3. The molecule has 0 bridgehead atoms. The van der Waals surface area contributed by atoms with Crippen LogP contribution in [0.5, 0.6) is 5.75 Å². The Bertz CT molecular complexity index is 1080. The van der Waals surface area contributed by atoms with E-state index in [0.717, 1.165) is 11.1 Å². The van der Waals surface area contributed by atoms with Crippen LogP contribution in [-0.4, -0.2) is 41.4 Å². The molecule has 0 fully saturated rings. The number of anilines is 1. The van der Waals surface area contributed by atoms with Gasteiger partial charge in [-0.05, 0) is 35.4 Å². The molecule has 2 aromatic rings. The molecular weight excluding hydrogens is 427 g/mol. The van der Waals surface area contributed by atoms with Crippen molar-refractivity contribution >= 4 is 17.9 Å². The number of nitrogens with zero attached hydrogens (tertiary/aromatic N) is 3. The van der Waals surface area contributed by atoms with Crippen LogP contribution in [0.2, 0.25) is 0 Å². The number of carbonyl (C=O) groups excluding carboxylic acids is 1. The standard InChI is InChI=1S/C21H18F3N5O3/c22-21(23,24)32-16-7-5-15(6-8-16)25-9-17-18(31-20-26-12-27-29(17)20)19(30)28-10-13-3-1-2-4-14(13)11-28/h1-8,12,20,25H,9-11H2,(H,26,27). The monoisotopic (exact) mass is 445 g/mol. The summed E-state index contributed by atoms with van der Waals surface area (Å²) < 4.78 is 46.7. The first-order valence-electron chi connectivity index (χ1n) is 9.80. The Morgan fingerprint density at radius 1 is 1.16 bits per heavy atom. The lowest BCUT2D eigenvalue weighted by atomic mass is 10.1. The fourth-order valence-electron chi connectivity index (χ4n) is 3.79. The maximum atomic E-state index is 13.2. The molecule has 0 aliphatic carbocycles. The van der Waals surface area contributed by atoms with Crippen LogP contribution in [0.4, 0.5) is 18.9 Å². The molecule has 11 heteroatoms. The van der Waals surface area contributed by atoms with E-state index in [0.29, 0.717) is 24.5 Å². The van der Waals surface area contributed by atoms with Crippen LogP contribution in [-0.2, 0) is 22.6 Å². The first-order chi connectivity index (χ1) is 15.4. The maximum Gasteiger partial charge on any atom is 0.573 e. The van der Waals surface area contributed by atoms with Gasteiger partial charge >= 0.3 is 6.36 Å². The summed E-state index contributed by atoms with van der Waals surface area (Å²) in [6, 6.07) is 13.2. The Balaban J connectivity index is 1.31. The quantitative estimate of drug-likeness (QED) is 0.737. The van der Waals surface area contributed by atoms with Gasteiger partial charge in [0.2, 0.25) is 5.76 Å². The first-order valence-corrected chi connectivity index (χ1v) is 9.80. The second-order valence-corrected chi connectivity index (χ2v) is 7.35. The van der Waals surface area contributed by atoms with Gasteiger partial charge < -0.3 is 19.7 Å². The van der Waals surface area contributed by atoms with Gasteiger partial charge in [0.15, 0.2) is 0 Å². The van der Waals surface area contributed by atoms with Crippen LogP contribution in [0.1, 0.15) is 11.1 Å². The van der Waals surface area contributed by atoms with Crippen LogP contribution >= 0.6 is 0 Å². The van der Waals surface area contributed by atoms with Crippen LogP contribution in [0, 0.1) is 0 Å². The van der Waals surface area contributed by atoms with Crippen molar-refractivity contribution in [1.82, 2.24) is 15.3 Å². The number of amides is 1. The molecule has 32 heavy (non-hydrogen) atoms. The predicted octanol–water partition coefficient (Wildman–Crippen LogP) is 2.91. The molecule has 0 radical (unpaired) electrons. The topological polar surface area (TPSA) is 78.4 Å². The Morgan fingerprint density at radius 3 is 2.50 bits per heavy atom. The van der Waals surface area contributed by atoms with Crippen LogP contribution in [0.15, 0.2) is 65.0 Å². The SMILES string of the molecule is O=C(C1=C(CNc2ccc(OC(F)(F)F)cc2)N2NC=NC2O1)N1Cc2ccccc2C1. The fraction of sp³-hybridized carbons (Fsp3) is 0.238. The molecule has 2 aromatic carbocycles. The molecule has 1 atom stereocenters. The Hall–Kier alpha value is -3.89. The molecule has 0 saturated carbocycles. The number of aliphatic imine (C=N–C) groups is 1. The van der Waals surface area contributed by atoms with Crippen LogP contribution < -0.4 is 15.5 Å². The van der Waals surface area contributed by atoms with Crippen molar-refractivity contribution in [2.75, 3.05) is 11.9 Å². The molecule has 8 nitrogen and oxygen atoms in total. The average Bonchev–Trinajstić information content (AvgIpc) is 3.46. The summed E-state index contributed by atoms with van der Waals surface area (Å²) in [4.78, 5) is 19.1. The molecular formula is C21H18F3N5O3. The molecule has 3 aliphatic rings. The first kappa shape index (κ1) is 20.0. The molecule has 0 spiro atoms. The lowest BCUT2D eigenvalue weighted by molar-refractivity contribution is -0.274. The summed E-state index contributed by atoms with van der Waals surface area (Å²) in [6.07, 6.45) is -3.96. The maximum absolute atomic E-state index is 13.2. The van der Waals surface area contributed by atoms with E-state index in [1.54, 1.807) is 9.91 Å². The summed E-state index contributed by atoms with van der Waals surface area (Å²) >= 11 is 0. The van der Waals surface area contributed by atoms with Gasteiger partial charge in [-0.15, -0.1) is 13.2 Å². The van der Waals surface area contributed by atoms with Gasteiger partial charge in [-0.1, -0.05) is 24.3 Å². The van der Waals surface area contributed by atoms with Gasteiger partial charge in [0.05, 0.1) is 6.54 Å². The van der Waals surface area contributed by atoms with E-state index in [-0.39, 0.29) is 24.0 Å². The third-order valence-electron chi connectivity index (χ3n) is 5.27. The van der Waals surface area contributed by atoms with Crippen molar-refractivity contribution in [3.63, 3.8) is 0 Å². The number of benzene rings is 2. The lowest BCUT2D eigenvalue weighted by Gasteiger charge is -2.19. The van der Waals surface area contributed by atoms with Gasteiger partial charge in [0.1, 0.15) is 17.8 Å². The Morgan fingerprint density at radius 2 is 1.84 bits per heavy atom. The largest absolute Gasteiger partial charge is 0.573 e. The zero-order valence-electron chi connectivity index (χ0n) is 16.6. The van der Waals surface area contributed by atoms with Crippen LogP contribution in [0.25, 0.3) is 0 Å². The summed E-state index contributed by atoms with van der Waals surface area (Å²) in [7, 11) is 0. The minimum atomic E-state index is -4.75. The number of carbonyl (C=O) groups is 1. The summed E-state index contributed by atoms with van der Waals surface area (Å²) in [5.74, 6) is -0.388. The molecule has 5 rings (SSSR count). The summed E-state index contributed by atoms with van der Waals surface area (Å²) in [6.45, 7) is 1.17. The van der Waals surface area contributed by atoms with E-state index in [2.05, 4.69) is 20.5 Å². The second-order valence-electron chi connectivity index (χ2n) is 7.35. The van der Waals surface area contributed by atoms with Crippen molar-refractivity contribution < 1.29 is 27.4 Å². The van der Waals surface area contributed by atoms with Gasteiger partial charge in [0, 0.05) is 18.8 Å². The van der Waals surface area contributed by atoms with E-state index in [1.165, 1.54) is 30.6 Å². The van der Waals surface area contributed by atoms with E-state index in [9.17, 15) is 18.0 Å². The molecule has 166 valence electrons. The molecule has 0 aromatic heterocycles. The van der Waals surface area contributed by atoms with Crippen molar-refractivity contribution in [3.8, 4) is 5.75 Å². The van der Waals surface area contributed by atoms with Crippen molar-refractivity contribution in [2.24, 2.45) is 4.99 Å². The Labute approximate surface area is 180 Å². The van der Waals surface area contributed by atoms with Gasteiger partial charge in [-0.25, -0.2) is 10.0 Å². The lowest BCUT2D eigenvalue weighted by Crippen LogP contribution is -2.36. The van der Waals surface area contributed by atoms with E-state index in [4.69, 9.17) is 4.74 Å². The number of fused-ring (bicyclic) bond motifs is 2. The minimum absolute atomic E-state index is 0.177. The van der Waals surface area contributed by atoms with Crippen molar-refractivity contribution in [2.45, 2.75) is 25.8 Å². The van der Waals surface area contributed by atoms with E-state index in [1.807, 2.05) is 24.3 Å². The summed E-state index contributed by atoms with van der Waals surface area (Å²) in [5, 5.41) is 4.73. The molecule has 1 amide bonds. The number of halogens is 3. The predicted molar refractivity (Wildman–Crippen MR) is 108 cm³/mol. The van der Waals surface area contributed by atoms with Gasteiger partial charge in [0.25, 0.3) is 12.3 Å². The molecule has 3 aliphatic heterocycles. The van der Waals surface area contributed by atoms with Crippen molar-refractivity contribution in [3.05, 3.63) is 71.1 Å². The zero-order chi connectivity index (χ0) is 22.3. The summed E-state index contributed by atoms with van der Waals surface area (Å²) in [5.41, 5.74) is 6.22. The highest BCUT2D eigenvalue weighted by atomic mass is 19.4. The van der Waals surface area contributed by atoms with Gasteiger partial charge in [-0.3, -0.25) is 10.2 Å². The average molecular weight is 445 g/mol. The second kappa shape index (κ2) is 7.66. The number of rotatable bonds is 5. The molecule has 2 N–H and O–H groups in total. The third-order valence-corrected chi connectivity index (χ3v) is 5.27. The van der Waals surface area contributed by atoms with E-state index < -0.39 is 12.7 Å². The van der Waals surface area contributed by atoms with Crippen molar-refractivity contribution in [1.29, 1.82) is 0 Å². The number of hydrazine groups is 1. The number of hydrogen-bond acceptors (Lipinski definition) is 7. The number of hydrogen-bond donors (Lipinski definition) is 2. The smallest absolute Gasteiger partial charge is 0.441 e. The highest BCUT2D eigenvalue weighted by Gasteiger charge is 2.41.